The van der Waals surface area contributed by atoms with Crippen molar-refractivity contribution in [3.8, 4) is 0 Å². The van der Waals surface area contributed by atoms with Gasteiger partial charge in [0.2, 0.25) is 0 Å². The van der Waals surface area contributed by atoms with Gasteiger partial charge in [-0.1, -0.05) is 0 Å². The highest BCUT2D eigenvalue weighted by Gasteiger charge is 2.19. The van der Waals surface area contributed by atoms with Gasteiger partial charge in [-0.3, -0.25) is 0 Å². The summed E-state index contributed by atoms with van der Waals surface area (Å²) < 4.78 is 5.32. The molecule has 90 valence electrons. The summed E-state index contributed by atoms with van der Waals surface area (Å²) in [6, 6.07) is 4.46. The number of hydrogen-bond acceptors (Lipinski definition) is 3. The Labute approximate surface area is 97.6 Å². The number of furan rings is 1. The summed E-state index contributed by atoms with van der Waals surface area (Å²) in [7, 11) is 0. The lowest BCUT2D eigenvalue weighted by atomic mass is 10.2. The van der Waals surface area contributed by atoms with Crippen molar-refractivity contribution in [2.45, 2.75) is 32.2 Å². The lowest BCUT2D eigenvalue weighted by molar-refractivity contribution is 0.453. The highest BCUT2D eigenvalue weighted by atomic mass is 16.3. The van der Waals surface area contributed by atoms with E-state index in [1.165, 1.54) is 19.4 Å². The second-order valence-electron chi connectivity index (χ2n) is 4.79. The van der Waals surface area contributed by atoms with Crippen molar-refractivity contribution in [1.82, 2.24) is 10.6 Å². The van der Waals surface area contributed by atoms with Crippen molar-refractivity contribution < 1.29 is 4.42 Å². The van der Waals surface area contributed by atoms with E-state index >= 15 is 0 Å². The molecule has 0 aliphatic heterocycles. The fraction of sp³-hybridized carbons (Fsp3) is 0.692. The van der Waals surface area contributed by atoms with Gasteiger partial charge < -0.3 is 15.1 Å². The van der Waals surface area contributed by atoms with Crippen molar-refractivity contribution in [3.63, 3.8) is 0 Å². The maximum absolute atomic E-state index is 5.32. The first kappa shape index (κ1) is 11.7. The molecule has 1 aliphatic rings. The number of hydrogen-bond donors (Lipinski definition) is 2. The Bertz CT molecular complexity index is 280. The van der Waals surface area contributed by atoms with Crippen molar-refractivity contribution in [1.29, 1.82) is 0 Å². The van der Waals surface area contributed by atoms with Crippen LogP contribution >= 0.6 is 0 Å². The van der Waals surface area contributed by atoms with E-state index in [9.17, 15) is 0 Å². The van der Waals surface area contributed by atoms with E-state index in [1.54, 1.807) is 6.26 Å². The molecule has 0 aromatic carbocycles. The third-order valence-corrected chi connectivity index (χ3v) is 3.01. The smallest absolute Gasteiger partial charge is 0.105 e. The average molecular weight is 222 g/mol. The topological polar surface area (TPSA) is 37.2 Å². The normalized spacial score (nSPS) is 17.6. The van der Waals surface area contributed by atoms with Gasteiger partial charge in [0, 0.05) is 25.6 Å². The van der Waals surface area contributed by atoms with Crippen LogP contribution in [0.2, 0.25) is 0 Å². The van der Waals surface area contributed by atoms with E-state index in [4.69, 9.17) is 4.42 Å². The quantitative estimate of drug-likeness (QED) is 0.659. The van der Waals surface area contributed by atoms with Crippen LogP contribution in [0.25, 0.3) is 0 Å². The van der Waals surface area contributed by atoms with E-state index in [0.29, 0.717) is 6.04 Å². The molecule has 0 saturated heterocycles. The summed E-state index contributed by atoms with van der Waals surface area (Å²) in [5, 5.41) is 6.97. The Kier molecular flexibility index (Phi) is 4.43. The van der Waals surface area contributed by atoms with Gasteiger partial charge in [-0.15, -0.1) is 0 Å². The molecule has 1 fully saturated rings. The van der Waals surface area contributed by atoms with Crippen LogP contribution in [0.5, 0.6) is 0 Å². The molecule has 1 aliphatic carbocycles. The monoisotopic (exact) mass is 222 g/mol. The highest BCUT2D eigenvalue weighted by molar-refractivity contribution is 4.99. The lowest BCUT2D eigenvalue weighted by Gasteiger charge is -2.12. The SMILES string of the molecule is CC(Cc1ccco1)NCCNCC1CC1. The molecule has 0 bridgehead atoms. The Hall–Kier alpha value is -0.800. The second-order valence-corrected chi connectivity index (χ2v) is 4.79. The van der Waals surface area contributed by atoms with Gasteiger partial charge in [-0.05, 0) is 44.4 Å². The van der Waals surface area contributed by atoms with Crippen LogP contribution in [0.1, 0.15) is 25.5 Å². The lowest BCUT2D eigenvalue weighted by Crippen LogP contribution is -2.35. The molecule has 1 aromatic heterocycles. The molecular weight excluding hydrogens is 200 g/mol. The predicted octanol–water partition coefficient (Wildman–Crippen LogP) is 1.80. The largest absolute Gasteiger partial charge is 0.469 e. The van der Waals surface area contributed by atoms with Crippen LogP contribution in [-0.2, 0) is 6.42 Å². The molecule has 1 unspecified atom stereocenters. The Morgan fingerprint density at radius 1 is 1.44 bits per heavy atom. The molecule has 16 heavy (non-hydrogen) atoms. The van der Waals surface area contributed by atoms with Crippen LogP contribution in [0.3, 0.4) is 0 Å². The fourth-order valence-corrected chi connectivity index (χ4v) is 1.84. The minimum absolute atomic E-state index is 0.480. The zero-order chi connectivity index (χ0) is 11.2. The van der Waals surface area contributed by atoms with Crippen LogP contribution < -0.4 is 10.6 Å². The highest BCUT2D eigenvalue weighted by Crippen LogP contribution is 2.27. The first-order valence-corrected chi connectivity index (χ1v) is 6.31. The van der Waals surface area contributed by atoms with Crippen molar-refractivity contribution >= 4 is 0 Å². The molecule has 1 aromatic rings. The average Bonchev–Trinajstić information content (AvgIpc) is 2.95. The molecule has 1 saturated carbocycles. The zero-order valence-corrected chi connectivity index (χ0v) is 10.0. The summed E-state index contributed by atoms with van der Waals surface area (Å²) >= 11 is 0. The summed E-state index contributed by atoms with van der Waals surface area (Å²) in [5.74, 6) is 2.03. The maximum Gasteiger partial charge on any atom is 0.105 e. The first-order valence-electron chi connectivity index (χ1n) is 6.31. The number of rotatable bonds is 8. The van der Waals surface area contributed by atoms with Gasteiger partial charge >= 0.3 is 0 Å². The number of nitrogens with one attached hydrogen (secondary N) is 2. The molecule has 2 N–H and O–H groups in total. The van der Waals surface area contributed by atoms with Gasteiger partial charge in [0.25, 0.3) is 0 Å². The second kappa shape index (κ2) is 6.06. The van der Waals surface area contributed by atoms with E-state index in [2.05, 4.69) is 17.6 Å². The summed E-state index contributed by atoms with van der Waals surface area (Å²) in [4.78, 5) is 0. The zero-order valence-electron chi connectivity index (χ0n) is 10.0. The Morgan fingerprint density at radius 2 is 2.31 bits per heavy atom. The summed E-state index contributed by atoms with van der Waals surface area (Å²) in [6.45, 7) is 5.51. The van der Waals surface area contributed by atoms with Crippen molar-refractivity contribution in [2.24, 2.45) is 5.92 Å². The third kappa shape index (κ3) is 4.37. The molecule has 0 amide bonds. The van der Waals surface area contributed by atoms with Gasteiger partial charge in [0.05, 0.1) is 6.26 Å². The molecule has 1 heterocycles. The first-order chi connectivity index (χ1) is 7.84. The van der Waals surface area contributed by atoms with Gasteiger partial charge in [0.1, 0.15) is 5.76 Å². The molecule has 3 nitrogen and oxygen atoms in total. The van der Waals surface area contributed by atoms with E-state index in [0.717, 1.165) is 31.2 Å². The Balaban J connectivity index is 1.48. The molecule has 2 rings (SSSR count). The molecule has 0 radical (unpaired) electrons. The standard InChI is InChI=1S/C13H22N2O/c1-11(9-13-3-2-8-16-13)15-7-6-14-10-12-4-5-12/h2-3,8,11-12,14-15H,4-7,9-10H2,1H3. The third-order valence-electron chi connectivity index (χ3n) is 3.01. The molecular formula is C13H22N2O. The van der Waals surface area contributed by atoms with E-state index in [-0.39, 0.29) is 0 Å². The minimum atomic E-state index is 0.480. The van der Waals surface area contributed by atoms with E-state index < -0.39 is 0 Å². The predicted molar refractivity (Wildman–Crippen MR) is 65.5 cm³/mol. The van der Waals surface area contributed by atoms with Crippen LogP contribution in [-0.4, -0.2) is 25.7 Å². The molecule has 3 heteroatoms. The summed E-state index contributed by atoms with van der Waals surface area (Å²) in [6.07, 6.45) is 5.56. The van der Waals surface area contributed by atoms with Crippen LogP contribution in [0, 0.1) is 5.92 Å². The van der Waals surface area contributed by atoms with E-state index in [1.807, 2.05) is 12.1 Å². The van der Waals surface area contributed by atoms with Gasteiger partial charge in [0.15, 0.2) is 0 Å². The summed E-state index contributed by atoms with van der Waals surface area (Å²) in [5.41, 5.74) is 0. The van der Waals surface area contributed by atoms with Gasteiger partial charge in [-0.25, -0.2) is 0 Å². The Morgan fingerprint density at radius 3 is 3.00 bits per heavy atom. The van der Waals surface area contributed by atoms with Crippen LogP contribution in [0.4, 0.5) is 0 Å². The molecule has 0 spiro atoms. The van der Waals surface area contributed by atoms with Crippen LogP contribution in [0.15, 0.2) is 22.8 Å². The maximum atomic E-state index is 5.32. The van der Waals surface area contributed by atoms with Crippen molar-refractivity contribution in [3.05, 3.63) is 24.2 Å². The van der Waals surface area contributed by atoms with Crippen molar-refractivity contribution in [2.75, 3.05) is 19.6 Å². The molecule has 1 atom stereocenters. The van der Waals surface area contributed by atoms with Gasteiger partial charge in [-0.2, -0.15) is 0 Å². The fourth-order valence-electron chi connectivity index (χ4n) is 1.84. The minimum Gasteiger partial charge on any atom is -0.469 e.